The molecule has 0 radical (unpaired) electrons. The number of hydrogen-bond acceptors (Lipinski definition) is 2. The maximum Gasteiger partial charge on any atom is 0.241 e. The second kappa shape index (κ2) is 6.62. The zero-order valence-electron chi connectivity index (χ0n) is 15.3. The van der Waals surface area contributed by atoms with E-state index in [1.54, 1.807) is 23.9 Å². The van der Waals surface area contributed by atoms with Crippen LogP contribution in [0.25, 0.3) is 0 Å². The van der Waals surface area contributed by atoms with Crippen LogP contribution in [0.15, 0.2) is 0 Å². The molecule has 4 bridgehead atoms. The predicted molar refractivity (Wildman–Crippen MR) is 99.0 cm³/mol. The molecule has 5 heteroatoms. The highest BCUT2D eigenvalue weighted by Gasteiger charge is 2.57. The maximum atomic E-state index is 13.0. The molecule has 0 saturated heterocycles. The summed E-state index contributed by atoms with van der Waals surface area (Å²) >= 11 is 4.02. The molecule has 4 nitrogen and oxygen atoms in total. The maximum absolute atomic E-state index is 13.0. The topological polar surface area (TPSA) is 40.6 Å². The standard InChI is InChI=1S/C19H31BrN2O2/c1-4-5-22(12-17(24)21(2)3)16(23)11-18-7-14-6-15(8-18)10-19(20,9-14)13-18/h14-15H,4-13H2,1-3H3. The van der Waals surface area contributed by atoms with Gasteiger partial charge in [0.15, 0.2) is 0 Å². The average Bonchev–Trinajstić information content (AvgIpc) is 2.43. The van der Waals surface area contributed by atoms with E-state index in [9.17, 15) is 9.59 Å². The van der Waals surface area contributed by atoms with Gasteiger partial charge < -0.3 is 9.80 Å². The molecule has 4 saturated carbocycles. The van der Waals surface area contributed by atoms with Crippen molar-refractivity contribution in [3.8, 4) is 0 Å². The van der Waals surface area contributed by atoms with Gasteiger partial charge in [-0.25, -0.2) is 0 Å². The number of carbonyl (C=O) groups excluding carboxylic acids is 2. The minimum Gasteiger partial charge on any atom is -0.347 e. The average molecular weight is 399 g/mol. The van der Waals surface area contributed by atoms with Crippen molar-refractivity contribution in [3.05, 3.63) is 0 Å². The van der Waals surface area contributed by atoms with Crippen molar-refractivity contribution in [3.63, 3.8) is 0 Å². The minimum absolute atomic E-state index is 0.0132. The van der Waals surface area contributed by atoms with Gasteiger partial charge in [0.1, 0.15) is 0 Å². The van der Waals surface area contributed by atoms with E-state index in [1.165, 1.54) is 32.1 Å². The number of hydrogen-bond donors (Lipinski definition) is 0. The molecular formula is C19H31BrN2O2. The van der Waals surface area contributed by atoms with Crippen LogP contribution in [-0.4, -0.2) is 53.1 Å². The van der Waals surface area contributed by atoms with Crippen LogP contribution in [-0.2, 0) is 9.59 Å². The molecule has 0 aromatic carbocycles. The Morgan fingerprint density at radius 3 is 2.21 bits per heavy atom. The second-order valence-electron chi connectivity index (χ2n) is 8.89. The largest absolute Gasteiger partial charge is 0.347 e. The van der Waals surface area contributed by atoms with Crippen molar-refractivity contribution in [1.29, 1.82) is 0 Å². The predicted octanol–water partition coefficient (Wildman–Crippen LogP) is 3.44. The van der Waals surface area contributed by atoms with Gasteiger partial charge in [-0.15, -0.1) is 0 Å². The third kappa shape index (κ3) is 3.66. The van der Waals surface area contributed by atoms with E-state index < -0.39 is 0 Å². The van der Waals surface area contributed by atoms with Crippen LogP contribution in [0.3, 0.4) is 0 Å². The lowest BCUT2D eigenvalue weighted by Gasteiger charge is -2.60. The first-order valence-electron chi connectivity index (χ1n) is 9.41. The van der Waals surface area contributed by atoms with Gasteiger partial charge in [-0.2, -0.15) is 0 Å². The Bertz CT molecular complexity index is 505. The second-order valence-corrected chi connectivity index (χ2v) is 10.6. The number of halogens is 1. The lowest BCUT2D eigenvalue weighted by Crippen LogP contribution is -2.54. The highest BCUT2D eigenvalue weighted by atomic mass is 79.9. The van der Waals surface area contributed by atoms with Gasteiger partial charge in [0.2, 0.25) is 11.8 Å². The summed E-state index contributed by atoms with van der Waals surface area (Å²) in [7, 11) is 3.51. The van der Waals surface area contributed by atoms with Gasteiger partial charge in [-0.05, 0) is 62.2 Å². The number of nitrogens with zero attached hydrogens (tertiary/aromatic N) is 2. The van der Waals surface area contributed by atoms with E-state index in [0.29, 0.717) is 13.0 Å². The molecule has 2 amide bonds. The number of amides is 2. The Morgan fingerprint density at radius 2 is 1.71 bits per heavy atom. The molecule has 0 spiro atoms. The van der Waals surface area contributed by atoms with Crippen LogP contribution in [0.2, 0.25) is 0 Å². The molecule has 0 aliphatic heterocycles. The molecule has 2 unspecified atom stereocenters. The van der Waals surface area contributed by atoms with Gasteiger partial charge in [-0.1, -0.05) is 22.9 Å². The third-order valence-corrected chi connectivity index (χ3v) is 7.24. The molecule has 4 fully saturated rings. The minimum atomic E-state index is 0.0132. The Balaban J connectivity index is 1.69. The van der Waals surface area contributed by atoms with E-state index in [-0.39, 0.29) is 28.1 Å². The smallest absolute Gasteiger partial charge is 0.241 e. The first-order chi connectivity index (χ1) is 11.2. The quantitative estimate of drug-likeness (QED) is 0.642. The van der Waals surface area contributed by atoms with Gasteiger partial charge in [0.25, 0.3) is 0 Å². The van der Waals surface area contributed by atoms with E-state index in [2.05, 4.69) is 22.9 Å². The van der Waals surface area contributed by atoms with Gasteiger partial charge in [0, 0.05) is 31.4 Å². The van der Waals surface area contributed by atoms with E-state index >= 15 is 0 Å². The Kier molecular flexibility index (Phi) is 5.03. The summed E-state index contributed by atoms with van der Waals surface area (Å²) in [5.41, 5.74) is 0.178. The van der Waals surface area contributed by atoms with Crippen molar-refractivity contribution >= 4 is 27.7 Å². The van der Waals surface area contributed by atoms with Crippen LogP contribution in [0.4, 0.5) is 0 Å². The first kappa shape index (κ1) is 18.2. The molecular weight excluding hydrogens is 368 g/mol. The molecule has 4 aliphatic carbocycles. The molecule has 0 aromatic heterocycles. The van der Waals surface area contributed by atoms with Gasteiger partial charge in [0.05, 0.1) is 6.54 Å². The van der Waals surface area contributed by atoms with E-state index in [4.69, 9.17) is 0 Å². The Labute approximate surface area is 154 Å². The number of alkyl halides is 1. The molecule has 0 aromatic rings. The summed E-state index contributed by atoms with van der Waals surface area (Å²) < 4.78 is 0.284. The van der Waals surface area contributed by atoms with Crippen molar-refractivity contribution in [1.82, 2.24) is 9.80 Å². The normalized spacial score (nSPS) is 36.7. The van der Waals surface area contributed by atoms with E-state index in [0.717, 1.165) is 24.7 Å². The molecule has 0 N–H and O–H groups in total. The number of rotatable bonds is 6. The molecule has 24 heavy (non-hydrogen) atoms. The van der Waals surface area contributed by atoms with Crippen molar-refractivity contribution in [2.75, 3.05) is 27.2 Å². The SMILES string of the molecule is CCCN(CC(=O)N(C)C)C(=O)CC12CC3CC(CC(Br)(C3)C1)C2. The van der Waals surface area contributed by atoms with Crippen LogP contribution in [0.5, 0.6) is 0 Å². The summed E-state index contributed by atoms with van der Waals surface area (Å²) in [5, 5.41) is 0. The van der Waals surface area contributed by atoms with Gasteiger partial charge >= 0.3 is 0 Å². The van der Waals surface area contributed by atoms with Crippen molar-refractivity contribution in [2.45, 2.75) is 62.6 Å². The fraction of sp³-hybridized carbons (Fsp3) is 0.895. The van der Waals surface area contributed by atoms with Crippen LogP contribution in [0.1, 0.15) is 58.3 Å². The van der Waals surface area contributed by atoms with Crippen LogP contribution < -0.4 is 0 Å². The molecule has 136 valence electrons. The molecule has 4 aliphatic rings. The first-order valence-corrected chi connectivity index (χ1v) is 10.2. The highest BCUT2D eigenvalue weighted by molar-refractivity contribution is 9.10. The van der Waals surface area contributed by atoms with Gasteiger partial charge in [-0.3, -0.25) is 9.59 Å². The molecule has 4 rings (SSSR count). The lowest BCUT2D eigenvalue weighted by molar-refractivity contribution is -0.143. The Hall–Kier alpha value is -0.580. The molecule has 2 atom stereocenters. The lowest BCUT2D eigenvalue weighted by atomic mass is 9.48. The molecule has 0 heterocycles. The number of likely N-dealkylation sites (N-methyl/N-ethyl adjacent to an activating group) is 1. The zero-order valence-corrected chi connectivity index (χ0v) is 16.9. The van der Waals surface area contributed by atoms with Crippen molar-refractivity contribution in [2.24, 2.45) is 17.3 Å². The fourth-order valence-electron chi connectivity index (χ4n) is 5.84. The van der Waals surface area contributed by atoms with Crippen LogP contribution in [0, 0.1) is 17.3 Å². The summed E-state index contributed by atoms with van der Waals surface area (Å²) in [6, 6.07) is 0. The van der Waals surface area contributed by atoms with Crippen LogP contribution >= 0.6 is 15.9 Å². The van der Waals surface area contributed by atoms with E-state index in [1.807, 2.05) is 0 Å². The zero-order chi connectivity index (χ0) is 17.5. The third-order valence-electron chi connectivity index (χ3n) is 6.31. The number of carbonyl (C=O) groups is 2. The summed E-state index contributed by atoms with van der Waals surface area (Å²) in [5.74, 6) is 1.78. The Morgan fingerprint density at radius 1 is 1.08 bits per heavy atom. The summed E-state index contributed by atoms with van der Waals surface area (Å²) in [6.07, 6.45) is 9.03. The fourth-order valence-corrected chi connectivity index (χ4v) is 7.35. The monoisotopic (exact) mass is 398 g/mol. The summed E-state index contributed by atoms with van der Waals surface area (Å²) in [6.45, 7) is 2.97. The highest BCUT2D eigenvalue weighted by Crippen LogP contribution is 2.65. The van der Waals surface area contributed by atoms with Crippen molar-refractivity contribution < 1.29 is 9.59 Å². The summed E-state index contributed by atoms with van der Waals surface area (Å²) in [4.78, 5) is 28.5.